The van der Waals surface area contributed by atoms with Crippen molar-refractivity contribution >= 4 is 28.2 Å². The number of ether oxygens (including phenoxy) is 1. The number of carboxylic acid groups (broad SMARTS) is 1. The summed E-state index contributed by atoms with van der Waals surface area (Å²) in [6.07, 6.45) is 6.48. The molecule has 2 aliphatic carbocycles. The molecule has 1 fully saturated rings. The number of carbonyl (C=O) groups is 1. The highest BCUT2D eigenvalue weighted by atomic mass is 32.1. The topological polar surface area (TPSA) is 80.6 Å². The maximum Gasteiger partial charge on any atom is 0.341 e. The number of nitrogens with one attached hydrogen (secondary N) is 1. The molecular weight excluding hydrogens is 491 g/mol. The minimum Gasteiger partial charge on any atom is -0.494 e. The summed E-state index contributed by atoms with van der Waals surface area (Å²) in [7, 11) is 1.60. The average molecular weight is 519 g/mol. The number of halogens is 1. The van der Waals surface area contributed by atoms with E-state index in [1.807, 2.05) is 10.6 Å². The van der Waals surface area contributed by atoms with E-state index in [9.17, 15) is 19.1 Å². The van der Waals surface area contributed by atoms with Crippen molar-refractivity contribution in [1.29, 1.82) is 0 Å². The van der Waals surface area contributed by atoms with Crippen LogP contribution in [0, 0.1) is 5.82 Å². The SMILES string of the molecule is COc1c(-c2cc3c(s2)C(NCc2ccc(F)cc2)CCC3)ccc2c(=O)c(C(=O)O)cn(C3CC3)c12. The summed E-state index contributed by atoms with van der Waals surface area (Å²) >= 11 is 1.73. The third kappa shape index (κ3) is 4.34. The van der Waals surface area contributed by atoms with Crippen LogP contribution in [0.2, 0.25) is 0 Å². The van der Waals surface area contributed by atoms with Gasteiger partial charge in [0.1, 0.15) is 11.4 Å². The van der Waals surface area contributed by atoms with Gasteiger partial charge >= 0.3 is 5.97 Å². The van der Waals surface area contributed by atoms with Gasteiger partial charge in [-0.2, -0.15) is 0 Å². The van der Waals surface area contributed by atoms with E-state index in [-0.39, 0.29) is 23.5 Å². The molecule has 190 valence electrons. The van der Waals surface area contributed by atoms with Crippen LogP contribution in [0.25, 0.3) is 21.3 Å². The number of methoxy groups -OCH3 is 1. The Balaban J connectivity index is 1.40. The maximum atomic E-state index is 13.3. The molecule has 0 spiro atoms. The fraction of sp³-hybridized carbons (Fsp3) is 0.310. The fourth-order valence-corrected chi connectivity index (χ4v) is 6.69. The largest absolute Gasteiger partial charge is 0.494 e. The van der Waals surface area contributed by atoms with E-state index in [4.69, 9.17) is 4.74 Å². The Bertz CT molecular complexity index is 1570. The number of hydrogen-bond donors (Lipinski definition) is 2. The quantitative estimate of drug-likeness (QED) is 0.310. The van der Waals surface area contributed by atoms with Crippen molar-refractivity contribution in [2.75, 3.05) is 7.11 Å². The molecule has 6 rings (SSSR count). The first kappa shape index (κ1) is 23.9. The second-order valence-electron chi connectivity index (χ2n) is 9.81. The number of nitrogens with zero attached hydrogens (tertiary/aromatic N) is 1. The van der Waals surface area contributed by atoms with Gasteiger partial charge in [-0.05, 0) is 73.6 Å². The van der Waals surface area contributed by atoms with E-state index in [0.29, 0.717) is 23.2 Å². The van der Waals surface area contributed by atoms with Crippen LogP contribution in [-0.2, 0) is 13.0 Å². The van der Waals surface area contributed by atoms with Gasteiger partial charge in [0.25, 0.3) is 0 Å². The van der Waals surface area contributed by atoms with Crippen molar-refractivity contribution < 1.29 is 19.0 Å². The van der Waals surface area contributed by atoms with Gasteiger partial charge in [0.05, 0.1) is 18.0 Å². The molecule has 0 aliphatic heterocycles. The Kier molecular flexibility index (Phi) is 6.09. The van der Waals surface area contributed by atoms with Gasteiger partial charge in [-0.25, -0.2) is 9.18 Å². The summed E-state index contributed by atoms with van der Waals surface area (Å²) < 4.78 is 21.1. The Hall–Kier alpha value is -3.49. The summed E-state index contributed by atoms with van der Waals surface area (Å²) in [5.41, 5.74) is 3.22. The number of carboxylic acids is 1. The molecule has 37 heavy (non-hydrogen) atoms. The molecule has 0 radical (unpaired) electrons. The summed E-state index contributed by atoms with van der Waals surface area (Å²) in [6.45, 7) is 0.663. The standard InChI is InChI=1S/C29H27FN2O4S/c1-36-27-20(11-12-21-25(27)32(19-9-10-19)15-22(26(21)33)29(34)35)24-13-17-3-2-4-23(28(17)37-24)31-14-16-5-7-18(30)8-6-16/h5-8,11-13,15,19,23,31H,2-4,9-10,14H2,1H3,(H,34,35). The zero-order chi connectivity index (χ0) is 25.7. The number of fused-ring (bicyclic) bond motifs is 2. The lowest BCUT2D eigenvalue weighted by Crippen LogP contribution is -2.23. The van der Waals surface area contributed by atoms with Crippen LogP contribution in [0.1, 0.15) is 64.1 Å². The molecule has 0 saturated heterocycles. The van der Waals surface area contributed by atoms with Gasteiger partial charge in [-0.15, -0.1) is 11.3 Å². The monoisotopic (exact) mass is 518 g/mol. The molecule has 2 aromatic heterocycles. The molecule has 6 nitrogen and oxygen atoms in total. The third-order valence-electron chi connectivity index (χ3n) is 7.35. The number of benzene rings is 2. The maximum absolute atomic E-state index is 13.3. The van der Waals surface area contributed by atoms with Gasteiger partial charge in [0, 0.05) is 40.1 Å². The lowest BCUT2D eigenvalue weighted by atomic mass is 9.94. The van der Waals surface area contributed by atoms with Gasteiger partial charge < -0.3 is 19.7 Å². The fourth-order valence-electron chi connectivity index (χ4n) is 5.34. The van der Waals surface area contributed by atoms with Crippen molar-refractivity contribution in [2.24, 2.45) is 0 Å². The summed E-state index contributed by atoms with van der Waals surface area (Å²) in [6, 6.07) is 12.8. The lowest BCUT2D eigenvalue weighted by Gasteiger charge is -2.23. The predicted octanol–water partition coefficient (Wildman–Crippen LogP) is 6.08. The normalized spacial score (nSPS) is 17.1. The summed E-state index contributed by atoms with van der Waals surface area (Å²) in [4.78, 5) is 27.1. The minimum atomic E-state index is -1.21. The summed E-state index contributed by atoms with van der Waals surface area (Å²) in [5.74, 6) is -0.843. The molecule has 1 unspecified atom stereocenters. The minimum absolute atomic E-state index is 0.168. The number of aromatic nitrogens is 1. The number of rotatable bonds is 7. The molecule has 2 N–H and O–H groups in total. The van der Waals surface area contributed by atoms with Crippen LogP contribution in [-0.4, -0.2) is 22.8 Å². The highest BCUT2D eigenvalue weighted by Gasteiger charge is 2.30. The predicted molar refractivity (Wildman–Crippen MR) is 142 cm³/mol. The van der Waals surface area contributed by atoms with Crippen LogP contribution < -0.4 is 15.5 Å². The summed E-state index contributed by atoms with van der Waals surface area (Å²) in [5, 5.41) is 13.6. The van der Waals surface area contributed by atoms with Crippen LogP contribution in [0.5, 0.6) is 5.75 Å². The highest BCUT2D eigenvalue weighted by molar-refractivity contribution is 7.15. The van der Waals surface area contributed by atoms with E-state index in [0.717, 1.165) is 48.1 Å². The van der Waals surface area contributed by atoms with Crippen LogP contribution in [0.4, 0.5) is 4.39 Å². The van der Waals surface area contributed by atoms with Gasteiger partial charge in [0.15, 0.2) is 5.75 Å². The number of hydrogen-bond acceptors (Lipinski definition) is 5. The molecule has 0 amide bonds. The van der Waals surface area contributed by atoms with E-state index in [2.05, 4.69) is 11.4 Å². The molecule has 0 bridgehead atoms. The first-order valence-electron chi connectivity index (χ1n) is 12.5. The average Bonchev–Trinajstić information content (AvgIpc) is 3.65. The molecule has 1 saturated carbocycles. The van der Waals surface area contributed by atoms with Crippen LogP contribution in [0.3, 0.4) is 0 Å². The van der Waals surface area contributed by atoms with E-state index in [1.165, 1.54) is 28.8 Å². The second kappa shape index (κ2) is 9.43. The molecular formula is C29H27FN2O4S. The molecule has 2 aliphatic rings. The zero-order valence-corrected chi connectivity index (χ0v) is 21.2. The van der Waals surface area contributed by atoms with E-state index < -0.39 is 11.4 Å². The van der Waals surface area contributed by atoms with Crippen molar-refractivity contribution in [2.45, 2.75) is 50.7 Å². The Morgan fingerprint density at radius 1 is 1.19 bits per heavy atom. The van der Waals surface area contributed by atoms with Gasteiger partial charge in [-0.3, -0.25) is 4.79 Å². The van der Waals surface area contributed by atoms with Crippen molar-refractivity contribution in [1.82, 2.24) is 9.88 Å². The molecule has 2 aromatic carbocycles. The molecule has 8 heteroatoms. The molecule has 1 atom stereocenters. The van der Waals surface area contributed by atoms with Gasteiger partial charge in [-0.1, -0.05) is 12.1 Å². The Morgan fingerprint density at radius 3 is 2.68 bits per heavy atom. The number of pyridine rings is 1. The van der Waals surface area contributed by atoms with Crippen LogP contribution >= 0.6 is 11.3 Å². The zero-order valence-electron chi connectivity index (χ0n) is 20.4. The van der Waals surface area contributed by atoms with Crippen molar-refractivity contribution in [3.63, 3.8) is 0 Å². The second-order valence-corrected chi connectivity index (χ2v) is 10.9. The first-order chi connectivity index (χ1) is 17.9. The Labute approximate surface area is 217 Å². The van der Waals surface area contributed by atoms with Crippen LogP contribution in [0.15, 0.2) is 53.5 Å². The Morgan fingerprint density at radius 2 is 1.97 bits per heavy atom. The lowest BCUT2D eigenvalue weighted by molar-refractivity contribution is 0.0695. The van der Waals surface area contributed by atoms with E-state index in [1.54, 1.807) is 36.6 Å². The molecule has 2 heterocycles. The third-order valence-corrected chi connectivity index (χ3v) is 8.67. The smallest absolute Gasteiger partial charge is 0.341 e. The number of thiophene rings is 1. The number of aryl methyl sites for hydroxylation is 1. The van der Waals surface area contributed by atoms with Crippen molar-refractivity contribution in [3.8, 4) is 16.2 Å². The van der Waals surface area contributed by atoms with Gasteiger partial charge in [0.2, 0.25) is 5.43 Å². The first-order valence-corrected chi connectivity index (χ1v) is 13.4. The van der Waals surface area contributed by atoms with E-state index >= 15 is 0 Å². The molecule has 4 aromatic rings. The van der Waals surface area contributed by atoms with Crippen molar-refractivity contribution in [3.05, 3.63) is 86.3 Å². The number of aromatic carboxylic acids is 1. The highest BCUT2D eigenvalue weighted by Crippen LogP contribution is 2.46.